The molecule has 2 unspecified atom stereocenters. The summed E-state index contributed by atoms with van der Waals surface area (Å²) in [7, 11) is 1.70. The van der Waals surface area contributed by atoms with Crippen molar-refractivity contribution in [3.05, 3.63) is 34.9 Å². The third-order valence-electron chi connectivity index (χ3n) is 3.90. The average Bonchev–Trinajstić information content (AvgIpc) is 2.93. The van der Waals surface area contributed by atoms with Crippen LogP contribution in [0.2, 0.25) is 0 Å². The van der Waals surface area contributed by atoms with Gasteiger partial charge in [-0.1, -0.05) is 17.9 Å². The van der Waals surface area contributed by atoms with Gasteiger partial charge in [0, 0.05) is 18.2 Å². The van der Waals surface area contributed by atoms with Gasteiger partial charge in [0.15, 0.2) is 0 Å². The summed E-state index contributed by atoms with van der Waals surface area (Å²) in [6.07, 6.45) is 3.18. The molecule has 0 bridgehead atoms. The van der Waals surface area contributed by atoms with Gasteiger partial charge in [-0.25, -0.2) is 0 Å². The Kier molecular flexibility index (Phi) is 5.38. The van der Waals surface area contributed by atoms with Crippen molar-refractivity contribution in [1.29, 1.82) is 0 Å². The molecule has 1 fully saturated rings. The first-order chi connectivity index (χ1) is 10.2. The Morgan fingerprint density at radius 3 is 3.00 bits per heavy atom. The minimum Gasteiger partial charge on any atom is -0.379 e. The van der Waals surface area contributed by atoms with E-state index in [0.29, 0.717) is 12.1 Å². The van der Waals surface area contributed by atoms with Crippen molar-refractivity contribution < 1.29 is 9.53 Å². The van der Waals surface area contributed by atoms with Crippen LogP contribution in [0.3, 0.4) is 0 Å². The Morgan fingerprint density at radius 2 is 2.29 bits per heavy atom. The van der Waals surface area contributed by atoms with E-state index in [4.69, 9.17) is 10.5 Å². The number of methoxy groups -OCH3 is 1. The lowest BCUT2D eigenvalue weighted by Crippen LogP contribution is -2.40. The molecule has 2 rings (SSSR count). The normalized spacial score (nSPS) is 20.7. The summed E-state index contributed by atoms with van der Waals surface area (Å²) in [4.78, 5) is 12.4. The fraction of sp³-hybridized carbons (Fsp3) is 0.471. The third-order valence-corrected chi connectivity index (χ3v) is 3.90. The van der Waals surface area contributed by atoms with Gasteiger partial charge in [0.2, 0.25) is 0 Å². The number of hydrogen-bond acceptors (Lipinski definition) is 3. The predicted molar refractivity (Wildman–Crippen MR) is 83.0 cm³/mol. The second kappa shape index (κ2) is 7.26. The van der Waals surface area contributed by atoms with E-state index in [2.05, 4.69) is 17.2 Å². The number of nitrogens with one attached hydrogen (secondary N) is 1. The Hall–Kier alpha value is -1.83. The molecule has 1 saturated carbocycles. The number of amides is 1. The highest BCUT2D eigenvalue weighted by Crippen LogP contribution is 2.22. The van der Waals surface area contributed by atoms with E-state index in [1.165, 1.54) is 0 Å². The predicted octanol–water partition coefficient (Wildman–Crippen LogP) is 1.60. The van der Waals surface area contributed by atoms with Crippen LogP contribution >= 0.6 is 0 Å². The van der Waals surface area contributed by atoms with Gasteiger partial charge in [-0.05, 0) is 43.9 Å². The van der Waals surface area contributed by atoms with Crippen LogP contribution < -0.4 is 11.1 Å². The van der Waals surface area contributed by atoms with Crippen LogP contribution in [-0.4, -0.2) is 31.7 Å². The fourth-order valence-electron chi connectivity index (χ4n) is 2.67. The number of benzene rings is 1. The van der Waals surface area contributed by atoms with Crippen LogP contribution in [0.1, 0.15) is 40.7 Å². The molecule has 21 heavy (non-hydrogen) atoms. The summed E-state index contributed by atoms with van der Waals surface area (Å²) in [6.45, 7) is 2.29. The van der Waals surface area contributed by atoms with Crippen LogP contribution in [0.5, 0.6) is 0 Å². The van der Waals surface area contributed by atoms with Crippen LogP contribution in [0.4, 0.5) is 0 Å². The molecule has 4 heteroatoms. The van der Waals surface area contributed by atoms with Crippen molar-refractivity contribution in [3.63, 3.8) is 0 Å². The van der Waals surface area contributed by atoms with E-state index in [9.17, 15) is 4.79 Å². The highest BCUT2D eigenvalue weighted by molar-refractivity contribution is 5.95. The van der Waals surface area contributed by atoms with Crippen LogP contribution in [0, 0.1) is 18.8 Å². The number of hydrogen-bond donors (Lipinski definition) is 2. The molecule has 1 aliphatic rings. The van der Waals surface area contributed by atoms with Crippen LogP contribution in [-0.2, 0) is 4.74 Å². The summed E-state index contributed by atoms with van der Waals surface area (Å²) in [5, 5.41) is 3.06. The molecule has 0 heterocycles. The Bertz CT molecular complexity index is 572. The zero-order valence-electron chi connectivity index (χ0n) is 12.6. The maximum Gasteiger partial charge on any atom is 0.251 e. The second-order valence-corrected chi connectivity index (χ2v) is 5.32. The van der Waals surface area contributed by atoms with Gasteiger partial charge in [-0.2, -0.15) is 0 Å². The van der Waals surface area contributed by atoms with E-state index < -0.39 is 0 Å². The van der Waals surface area contributed by atoms with Gasteiger partial charge < -0.3 is 15.8 Å². The second-order valence-electron chi connectivity index (χ2n) is 5.32. The molecular weight excluding hydrogens is 264 g/mol. The zero-order chi connectivity index (χ0) is 15.2. The Labute approximate surface area is 126 Å². The van der Waals surface area contributed by atoms with E-state index in [0.717, 1.165) is 30.4 Å². The number of carbonyl (C=O) groups excluding carboxylic acids is 1. The molecule has 0 spiro atoms. The smallest absolute Gasteiger partial charge is 0.251 e. The van der Waals surface area contributed by atoms with Crippen molar-refractivity contribution >= 4 is 5.91 Å². The number of rotatable bonds is 3. The largest absolute Gasteiger partial charge is 0.379 e. The number of carbonyl (C=O) groups is 1. The monoisotopic (exact) mass is 286 g/mol. The molecule has 4 nitrogen and oxygen atoms in total. The standard InChI is InChI=1S/C17H22N2O2/c1-12-8-9-14(11-13(12)5-4-10-18)17(20)19-15-6-3-7-16(15)21-2/h8-9,11,15-16H,3,6-7,10,18H2,1-2H3,(H,19,20). The molecule has 0 aliphatic heterocycles. The van der Waals surface area contributed by atoms with E-state index in [1.54, 1.807) is 7.11 Å². The van der Waals surface area contributed by atoms with E-state index >= 15 is 0 Å². The Morgan fingerprint density at radius 1 is 1.48 bits per heavy atom. The van der Waals surface area contributed by atoms with Crippen LogP contribution in [0.25, 0.3) is 0 Å². The van der Waals surface area contributed by atoms with Gasteiger partial charge in [-0.15, -0.1) is 0 Å². The summed E-state index contributed by atoms with van der Waals surface area (Å²) in [5.74, 6) is 5.76. The number of aryl methyl sites for hydroxylation is 1. The quantitative estimate of drug-likeness (QED) is 0.830. The molecule has 1 aliphatic carbocycles. The molecular formula is C17H22N2O2. The van der Waals surface area contributed by atoms with E-state index in [1.807, 2.05) is 25.1 Å². The molecule has 1 amide bonds. The molecule has 0 saturated heterocycles. The van der Waals surface area contributed by atoms with Crippen molar-refractivity contribution in [3.8, 4) is 11.8 Å². The van der Waals surface area contributed by atoms with Gasteiger partial charge >= 0.3 is 0 Å². The lowest BCUT2D eigenvalue weighted by Gasteiger charge is -2.19. The first kappa shape index (κ1) is 15.6. The van der Waals surface area contributed by atoms with Gasteiger partial charge in [-0.3, -0.25) is 4.79 Å². The minimum absolute atomic E-state index is 0.0697. The fourth-order valence-corrected chi connectivity index (χ4v) is 2.67. The summed E-state index contributed by atoms with van der Waals surface area (Å²) < 4.78 is 5.41. The van der Waals surface area contributed by atoms with Gasteiger partial charge in [0.05, 0.1) is 18.7 Å². The average molecular weight is 286 g/mol. The van der Waals surface area contributed by atoms with Crippen molar-refractivity contribution in [2.75, 3.05) is 13.7 Å². The zero-order valence-corrected chi connectivity index (χ0v) is 12.6. The summed E-state index contributed by atoms with van der Waals surface area (Å²) in [5.41, 5.74) is 7.92. The maximum atomic E-state index is 12.4. The topological polar surface area (TPSA) is 64.3 Å². The first-order valence-corrected chi connectivity index (χ1v) is 7.29. The molecule has 1 aromatic carbocycles. The Balaban J connectivity index is 2.12. The lowest BCUT2D eigenvalue weighted by molar-refractivity contribution is 0.0722. The van der Waals surface area contributed by atoms with Gasteiger partial charge in [0.25, 0.3) is 5.91 Å². The molecule has 0 aromatic heterocycles. The molecule has 1 aromatic rings. The van der Waals surface area contributed by atoms with Crippen LogP contribution in [0.15, 0.2) is 18.2 Å². The van der Waals surface area contributed by atoms with E-state index in [-0.39, 0.29) is 18.1 Å². The van der Waals surface area contributed by atoms with Crippen molar-refractivity contribution in [2.24, 2.45) is 5.73 Å². The molecule has 0 radical (unpaired) electrons. The number of ether oxygens (including phenoxy) is 1. The molecule has 112 valence electrons. The summed E-state index contributed by atoms with van der Waals surface area (Å²) >= 11 is 0. The SMILES string of the molecule is COC1CCCC1NC(=O)c1ccc(C)c(C#CCN)c1. The van der Waals surface area contributed by atoms with Crippen molar-refractivity contribution in [1.82, 2.24) is 5.32 Å². The molecule has 3 N–H and O–H groups in total. The lowest BCUT2D eigenvalue weighted by atomic mass is 10.0. The summed E-state index contributed by atoms with van der Waals surface area (Å²) in [6, 6.07) is 5.67. The number of nitrogens with two attached hydrogens (primary N) is 1. The highest BCUT2D eigenvalue weighted by Gasteiger charge is 2.28. The highest BCUT2D eigenvalue weighted by atomic mass is 16.5. The minimum atomic E-state index is -0.0697. The van der Waals surface area contributed by atoms with Crippen molar-refractivity contribution in [2.45, 2.75) is 38.3 Å². The van der Waals surface area contributed by atoms with Gasteiger partial charge in [0.1, 0.15) is 0 Å². The first-order valence-electron chi connectivity index (χ1n) is 7.29. The maximum absolute atomic E-state index is 12.4. The molecule has 2 atom stereocenters. The third kappa shape index (κ3) is 3.84.